The molecule has 1 heterocycles. The number of hydrogen-bond donors (Lipinski definition) is 1. The van der Waals surface area contributed by atoms with E-state index in [-0.39, 0.29) is 11.6 Å². The van der Waals surface area contributed by atoms with E-state index in [1.54, 1.807) is 45.0 Å². The van der Waals surface area contributed by atoms with Gasteiger partial charge in [-0.25, -0.2) is 9.78 Å². The summed E-state index contributed by atoms with van der Waals surface area (Å²) < 4.78 is 1.14. The predicted molar refractivity (Wildman–Crippen MR) is 88.9 cm³/mol. The molecule has 0 bridgehead atoms. The molecule has 1 aromatic heterocycles. The third-order valence-electron chi connectivity index (χ3n) is 2.83. The van der Waals surface area contributed by atoms with Crippen molar-refractivity contribution in [2.75, 3.05) is 5.32 Å². The van der Waals surface area contributed by atoms with E-state index in [4.69, 9.17) is 16.4 Å². The number of hydrogen-bond acceptors (Lipinski definition) is 6. The fourth-order valence-corrected chi connectivity index (χ4v) is 1.72. The lowest BCUT2D eigenvalue weighted by Gasteiger charge is -2.16. The van der Waals surface area contributed by atoms with Crippen LogP contribution in [0.5, 0.6) is 0 Å². The van der Waals surface area contributed by atoms with Crippen LogP contribution < -0.4 is 5.32 Å². The number of ketones is 1. The van der Waals surface area contributed by atoms with Crippen LogP contribution in [-0.2, 0) is 9.63 Å². The predicted octanol–water partition coefficient (Wildman–Crippen LogP) is 2.96. The second-order valence-corrected chi connectivity index (χ2v) is 6.28. The molecule has 0 aliphatic carbocycles. The first-order chi connectivity index (χ1) is 11.3. The van der Waals surface area contributed by atoms with Crippen LogP contribution in [0, 0.1) is 5.41 Å². The van der Waals surface area contributed by atoms with Gasteiger partial charge in [-0.3, -0.25) is 14.9 Å². The van der Waals surface area contributed by atoms with E-state index in [9.17, 15) is 9.59 Å². The molecule has 0 fully saturated rings. The molecule has 0 radical (unpaired) electrons. The first-order valence-corrected chi connectivity index (χ1v) is 7.36. The molecule has 1 N–H and O–H groups in total. The average Bonchev–Trinajstić information content (AvgIpc) is 3.03. The minimum Gasteiger partial charge on any atom is -0.295 e. The summed E-state index contributed by atoms with van der Waals surface area (Å²) in [5, 5.41) is 10.5. The zero-order valence-electron chi connectivity index (χ0n) is 13.4. The Morgan fingerprint density at radius 2 is 1.92 bits per heavy atom. The molecule has 0 unspecified atom stereocenters. The summed E-state index contributed by atoms with van der Waals surface area (Å²) in [5.74, 6) is -0.501. The number of halogens is 1. The number of carbonyl (C=O) groups is 2. The minimum atomic E-state index is -0.850. The van der Waals surface area contributed by atoms with Gasteiger partial charge in [0, 0.05) is 16.1 Å². The number of Topliss-reactive ketones (excluding diaryl/α,β-unsaturated/α-hetero) is 1. The highest BCUT2D eigenvalue weighted by Gasteiger charge is 2.29. The van der Waals surface area contributed by atoms with Crippen molar-refractivity contribution in [3.05, 3.63) is 41.9 Å². The number of oxime groups is 1. The quantitative estimate of drug-likeness (QED) is 0.397. The molecule has 0 atom stereocenters. The Morgan fingerprint density at radius 1 is 1.25 bits per heavy atom. The largest absolute Gasteiger partial charge is 0.437 e. The van der Waals surface area contributed by atoms with Gasteiger partial charge in [0.05, 0.1) is 0 Å². The molecular formula is C15H16ClN5O3. The van der Waals surface area contributed by atoms with E-state index in [1.807, 2.05) is 0 Å². The van der Waals surface area contributed by atoms with Crippen LogP contribution in [0.4, 0.5) is 10.5 Å². The molecule has 1 amide bonds. The summed E-state index contributed by atoms with van der Waals surface area (Å²) in [7, 11) is 0. The Morgan fingerprint density at radius 3 is 2.46 bits per heavy atom. The van der Waals surface area contributed by atoms with Crippen LogP contribution >= 0.6 is 11.6 Å². The van der Waals surface area contributed by atoms with Gasteiger partial charge in [-0.05, 0) is 29.4 Å². The number of amides is 1. The van der Waals surface area contributed by atoms with E-state index >= 15 is 0 Å². The lowest BCUT2D eigenvalue weighted by atomic mass is 9.90. The molecule has 8 nitrogen and oxygen atoms in total. The van der Waals surface area contributed by atoms with E-state index in [2.05, 4.69) is 20.6 Å². The van der Waals surface area contributed by atoms with Crippen molar-refractivity contribution in [3.63, 3.8) is 0 Å². The second-order valence-electron chi connectivity index (χ2n) is 5.84. The summed E-state index contributed by atoms with van der Waals surface area (Å²) in [6.45, 7) is 5.15. The van der Waals surface area contributed by atoms with Crippen molar-refractivity contribution < 1.29 is 14.4 Å². The lowest BCUT2D eigenvalue weighted by Crippen LogP contribution is -2.34. The Balaban J connectivity index is 2.14. The average molecular weight is 350 g/mol. The van der Waals surface area contributed by atoms with Crippen molar-refractivity contribution in [1.82, 2.24) is 14.8 Å². The van der Waals surface area contributed by atoms with Crippen LogP contribution in [0.25, 0.3) is 0 Å². The van der Waals surface area contributed by atoms with Crippen molar-refractivity contribution in [2.24, 2.45) is 10.6 Å². The summed E-state index contributed by atoms with van der Waals surface area (Å²) in [6, 6.07) is 6.44. The molecule has 0 spiro atoms. The maximum absolute atomic E-state index is 12.4. The van der Waals surface area contributed by atoms with Gasteiger partial charge in [-0.15, -0.1) is 0 Å². The van der Waals surface area contributed by atoms with Gasteiger partial charge in [0.2, 0.25) is 11.6 Å². The lowest BCUT2D eigenvalue weighted by molar-refractivity contribution is -0.120. The summed E-state index contributed by atoms with van der Waals surface area (Å²) >= 11 is 5.77. The van der Waals surface area contributed by atoms with Crippen molar-refractivity contribution in [1.29, 1.82) is 0 Å². The topological polar surface area (TPSA) is 98.5 Å². The first kappa shape index (κ1) is 17.6. The van der Waals surface area contributed by atoms with Crippen LogP contribution in [-0.4, -0.2) is 32.5 Å². The van der Waals surface area contributed by atoms with Gasteiger partial charge in [0.15, 0.2) is 0 Å². The second kappa shape index (κ2) is 7.22. The Labute approximate surface area is 143 Å². The highest BCUT2D eigenvalue weighted by atomic mass is 35.5. The molecule has 126 valence electrons. The van der Waals surface area contributed by atoms with Gasteiger partial charge >= 0.3 is 6.09 Å². The third kappa shape index (κ3) is 4.63. The van der Waals surface area contributed by atoms with E-state index in [1.165, 1.54) is 12.7 Å². The number of rotatable bonds is 3. The Bertz CT molecular complexity index is 748. The normalized spacial score (nSPS) is 11.9. The number of carbonyl (C=O) groups excluding carboxylic acids is 2. The minimum absolute atomic E-state index is 0.147. The molecule has 2 aromatic rings. The summed E-state index contributed by atoms with van der Waals surface area (Å²) in [4.78, 5) is 32.8. The summed E-state index contributed by atoms with van der Waals surface area (Å²) in [5.41, 5.74) is -0.259. The van der Waals surface area contributed by atoms with Crippen LogP contribution in [0.1, 0.15) is 20.8 Å². The summed E-state index contributed by atoms with van der Waals surface area (Å²) in [6.07, 6.45) is 1.69. The number of nitrogens with one attached hydrogen (secondary N) is 1. The maximum atomic E-state index is 12.4. The standard InChI is InChI=1S/C15H16ClN5O3/c1-15(2,3)12(22)13(21-9-17-8-18-21)20-24-14(23)19-11-6-4-10(16)5-7-11/h4-9H,1-3H3,(H,19,23)/b20-13-. The fourth-order valence-electron chi connectivity index (χ4n) is 1.60. The van der Waals surface area contributed by atoms with Gasteiger partial charge in [-0.2, -0.15) is 9.78 Å². The number of benzene rings is 1. The van der Waals surface area contributed by atoms with Gasteiger partial charge in [0.1, 0.15) is 12.7 Å². The van der Waals surface area contributed by atoms with E-state index < -0.39 is 11.5 Å². The zero-order valence-corrected chi connectivity index (χ0v) is 14.1. The van der Waals surface area contributed by atoms with Crippen molar-refractivity contribution in [2.45, 2.75) is 20.8 Å². The van der Waals surface area contributed by atoms with Gasteiger partial charge < -0.3 is 0 Å². The van der Waals surface area contributed by atoms with E-state index in [0.717, 1.165) is 4.68 Å². The third-order valence-corrected chi connectivity index (χ3v) is 3.08. The van der Waals surface area contributed by atoms with Crippen LogP contribution in [0.15, 0.2) is 42.1 Å². The number of anilines is 1. The molecule has 2 rings (SSSR count). The van der Waals surface area contributed by atoms with Crippen LogP contribution in [0.3, 0.4) is 0 Å². The first-order valence-electron chi connectivity index (χ1n) is 6.99. The molecule has 9 heteroatoms. The van der Waals surface area contributed by atoms with Gasteiger partial charge in [-0.1, -0.05) is 32.4 Å². The fraction of sp³-hybridized carbons (Fsp3) is 0.267. The molecule has 0 saturated heterocycles. The highest BCUT2D eigenvalue weighted by Crippen LogP contribution is 2.16. The van der Waals surface area contributed by atoms with E-state index in [0.29, 0.717) is 10.7 Å². The Hall–Kier alpha value is -2.74. The number of aromatic nitrogens is 3. The van der Waals surface area contributed by atoms with Crippen molar-refractivity contribution >= 4 is 35.0 Å². The molecule has 0 aliphatic heterocycles. The monoisotopic (exact) mass is 349 g/mol. The molecular weight excluding hydrogens is 334 g/mol. The van der Waals surface area contributed by atoms with Crippen molar-refractivity contribution in [3.8, 4) is 0 Å². The number of nitrogens with zero attached hydrogens (tertiary/aromatic N) is 4. The zero-order chi connectivity index (χ0) is 17.7. The van der Waals surface area contributed by atoms with Gasteiger partial charge in [0.25, 0.3) is 0 Å². The molecule has 1 aromatic carbocycles. The smallest absolute Gasteiger partial charge is 0.295 e. The Kier molecular flexibility index (Phi) is 5.30. The SMILES string of the molecule is CC(C)(C)C(=O)/C(=N/OC(=O)Nc1ccc(Cl)cc1)n1cncn1. The molecule has 24 heavy (non-hydrogen) atoms. The highest BCUT2D eigenvalue weighted by molar-refractivity contribution is 6.40. The molecule has 0 aliphatic rings. The maximum Gasteiger partial charge on any atom is 0.437 e. The van der Waals surface area contributed by atoms with Crippen LogP contribution in [0.2, 0.25) is 5.02 Å². The molecule has 0 saturated carbocycles.